The zero-order chi connectivity index (χ0) is 46.7. The van der Waals surface area contributed by atoms with E-state index < -0.39 is 187 Å². The van der Waals surface area contributed by atoms with Crippen molar-refractivity contribution in [2.45, 2.75) is 154 Å². The molecule has 0 bridgehead atoms. The Balaban J connectivity index is 1.24. The molecule has 0 amide bonds. The average molecular weight is 935 g/mol. The summed E-state index contributed by atoms with van der Waals surface area (Å²) in [6, 6.07) is 5.91. The largest absolute Gasteiger partial charge is 0.497 e. The van der Waals surface area contributed by atoms with Gasteiger partial charge < -0.3 is 134 Å². The Morgan fingerprint density at radius 3 is 1.11 bits per heavy atom. The Morgan fingerprint density at radius 2 is 0.703 bits per heavy atom. The molecule has 368 valence electrons. The number of methoxy groups -OCH3 is 1. The third kappa shape index (κ3) is 10.9. The Morgan fingerprint density at radius 1 is 0.375 bits per heavy atom. The van der Waals surface area contributed by atoms with Gasteiger partial charge in [-0.2, -0.15) is 0 Å². The molecule has 25 atom stereocenters. The van der Waals surface area contributed by atoms with Crippen molar-refractivity contribution in [2.24, 2.45) is 0 Å². The van der Waals surface area contributed by atoms with Crippen LogP contribution in [0.3, 0.4) is 0 Å². The van der Waals surface area contributed by atoms with Crippen molar-refractivity contribution in [2.75, 3.05) is 40.1 Å². The lowest BCUT2D eigenvalue weighted by molar-refractivity contribution is -0.374. The van der Waals surface area contributed by atoms with Gasteiger partial charge in [-0.1, -0.05) is 0 Å². The standard InChI is InChI=1S/C37H58O27/c1-54-11-2-4-12(5-3-11)57-37-30(53)32(64-36-28(51)25(48)20(43)15(8-40)60-36)22(45)17(62-37)10-56-34-29(52)31(63-35-27(50)24(47)19(42)14(7-39)59-35)21(44)16(61-34)9-55-33-26(49)23(46)18(41)13(6-38)58-33/h2-5,13-53H,6-10H2,1H3/t13-,14-,15-,16-,17-,18-,19-,20-,21-,22-,23+,24+,25+,26+,27+,28+,29+,30+,31+,32+,33+,34+,35-,36-,37+/m1/s1. The van der Waals surface area contributed by atoms with Gasteiger partial charge in [0.2, 0.25) is 6.29 Å². The van der Waals surface area contributed by atoms with E-state index in [2.05, 4.69) is 0 Å². The molecule has 5 saturated heterocycles. The molecule has 5 fully saturated rings. The van der Waals surface area contributed by atoms with Crippen LogP contribution in [0.25, 0.3) is 0 Å². The molecule has 1 aromatic carbocycles. The molecule has 5 heterocycles. The fraction of sp³-hybridized carbons (Fsp3) is 0.838. The second-order valence-corrected chi connectivity index (χ2v) is 15.8. The first-order chi connectivity index (χ1) is 30.4. The Hall–Kier alpha value is -2.18. The normalized spacial score (nSPS) is 47.9. The Bertz CT molecular complexity index is 1560. The van der Waals surface area contributed by atoms with Crippen molar-refractivity contribution in [3.63, 3.8) is 0 Å². The number of hydrogen-bond donors (Lipinski definition) is 16. The molecule has 1 aromatic rings. The van der Waals surface area contributed by atoms with E-state index in [1.54, 1.807) is 0 Å². The van der Waals surface area contributed by atoms with Crippen molar-refractivity contribution < 1.29 is 134 Å². The summed E-state index contributed by atoms with van der Waals surface area (Å²) in [5.41, 5.74) is 0. The lowest BCUT2D eigenvalue weighted by Crippen LogP contribution is -2.66. The number of hydrogen-bond acceptors (Lipinski definition) is 27. The summed E-state index contributed by atoms with van der Waals surface area (Å²) in [6.45, 7) is -4.11. The van der Waals surface area contributed by atoms with Gasteiger partial charge in [-0.25, -0.2) is 0 Å². The van der Waals surface area contributed by atoms with E-state index in [1.807, 2.05) is 0 Å². The van der Waals surface area contributed by atoms with Crippen molar-refractivity contribution in [3.8, 4) is 11.5 Å². The van der Waals surface area contributed by atoms with E-state index >= 15 is 0 Å². The lowest BCUT2D eigenvalue weighted by Gasteiger charge is -2.47. The highest BCUT2D eigenvalue weighted by molar-refractivity contribution is 5.31. The third-order valence-corrected chi connectivity index (χ3v) is 11.6. The van der Waals surface area contributed by atoms with Gasteiger partial charge in [0, 0.05) is 0 Å². The van der Waals surface area contributed by atoms with Gasteiger partial charge >= 0.3 is 0 Å². The minimum Gasteiger partial charge on any atom is -0.497 e. The summed E-state index contributed by atoms with van der Waals surface area (Å²) >= 11 is 0. The van der Waals surface area contributed by atoms with Gasteiger partial charge in [0.25, 0.3) is 0 Å². The number of rotatable bonds is 16. The average Bonchev–Trinajstić information content (AvgIpc) is 3.29. The summed E-state index contributed by atoms with van der Waals surface area (Å²) in [5.74, 6) is 0.535. The van der Waals surface area contributed by atoms with Crippen LogP contribution >= 0.6 is 0 Å². The van der Waals surface area contributed by atoms with Crippen molar-refractivity contribution in [3.05, 3.63) is 24.3 Å². The predicted molar refractivity (Wildman–Crippen MR) is 198 cm³/mol. The fourth-order valence-corrected chi connectivity index (χ4v) is 7.68. The molecule has 27 nitrogen and oxygen atoms in total. The van der Waals surface area contributed by atoms with Gasteiger partial charge in [0.15, 0.2) is 25.2 Å². The zero-order valence-electron chi connectivity index (χ0n) is 33.9. The van der Waals surface area contributed by atoms with Gasteiger partial charge in [0.1, 0.15) is 134 Å². The quantitative estimate of drug-likeness (QED) is 0.0732. The molecule has 0 radical (unpaired) electrons. The Kier molecular flexibility index (Phi) is 17.8. The molecule has 27 heteroatoms. The molecule has 5 aliphatic rings. The monoisotopic (exact) mass is 934 g/mol. The first-order valence-electron chi connectivity index (χ1n) is 20.2. The molecule has 0 aliphatic carbocycles. The highest BCUT2D eigenvalue weighted by Crippen LogP contribution is 2.34. The third-order valence-electron chi connectivity index (χ3n) is 11.6. The van der Waals surface area contributed by atoms with Crippen LogP contribution in [-0.4, -0.2) is 275 Å². The van der Waals surface area contributed by atoms with Crippen molar-refractivity contribution in [1.82, 2.24) is 0 Å². The molecular weight excluding hydrogens is 876 g/mol. The molecular formula is C37H58O27. The second-order valence-electron chi connectivity index (χ2n) is 15.8. The summed E-state index contributed by atoms with van der Waals surface area (Å²) < 4.78 is 61.8. The van der Waals surface area contributed by atoms with E-state index in [4.69, 9.17) is 52.1 Å². The highest BCUT2D eigenvalue weighted by Gasteiger charge is 2.55. The SMILES string of the molecule is COc1ccc(O[C@H]2O[C@H](CO[C@H]3O[C@H](CO[C@H]4O[C@H](CO)[C@@H](O)[C@H](O)[C@@H]4O)[C@@H](O)[C@H](O[C@H]4O[C@H](CO)[C@@H](O)[C@H](O)[C@@H]4O)[C@@H]3O)[C@@H](O)[C@H](O[C@H]3O[C@H](CO)[C@@H](O)[C@H](O)[C@@H]3O)[C@@H]2O)cc1. The second kappa shape index (κ2) is 22.3. The van der Waals surface area contributed by atoms with Gasteiger partial charge in [-0.3, -0.25) is 0 Å². The van der Waals surface area contributed by atoms with Crippen LogP contribution in [0.2, 0.25) is 0 Å². The minimum absolute atomic E-state index is 0.1000. The summed E-state index contributed by atoms with van der Waals surface area (Å²) in [6.07, 6.45) is -45.4. The molecule has 16 N–H and O–H groups in total. The van der Waals surface area contributed by atoms with Gasteiger partial charge in [-0.15, -0.1) is 0 Å². The van der Waals surface area contributed by atoms with Crippen LogP contribution in [0.4, 0.5) is 0 Å². The van der Waals surface area contributed by atoms with Crippen LogP contribution in [0.15, 0.2) is 24.3 Å². The molecule has 0 spiro atoms. The van der Waals surface area contributed by atoms with Crippen LogP contribution in [0.5, 0.6) is 11.5 Å². The molecule has 64 heavy (non-hydrogen) atoms. The van der Waals surface area contributed by atoms with Crippen LogP contribution in [0, 0.1) is 0 Å². The minimum atomic E-state index is -2.08. The van der Waals surface area contributed by atoms with E-state index in [0.29, 0.717) is 5.75 Å². The molecule has 0 aromatic heterocycles. The van der Waals surface area contributed by atoms with Crippen LogP contribution < -0.4 is 9.47 Å². The van der Waals surface area contributed by atoms with Gasteiger partial charge in [-0.05, 0) is 24.3 Å². The van der Waals surface area contributed by atoms with E-state index in [0.717, 1.165) is 0 Å². The number of ether oxygens (including phenoxy) is 11. The van der Waals surface area contributed by atoms with E-state index in [9.17, 15) is 81.7 Å². The number of aliphatic hydroxyl groups excluding tert-OH is 16. The van der Waals surface area contributed by atoms with E-state index in [-0.39, 0.29) is 5.75 Å². The molecule has 0 unspecified atom stereocenters. The smallest absolute Gasteiger partial charge is 0.229 e. The molecule has 0 saturated carbocycles. The summed E-state index contributed by atoms with van der Waals surface area (Å²) in [5, 5.41) is 169. The predicted octanol–water partition coefficient (Wildman–Crippen LogP) is -9.83. The van der Waals surface area contributed by atoms with Crippen molar-refractivity contribution >= 4 is 0 Å². The maximum Gasteiger partial charge on any atom is 0.229 e. The maximum absolute atomic E-state index is 11.6. The molecule has 5 aliphatic heterocycles. The Labute approximate surface area is 363 Å². The van der Waals surface area contributed by atoms with Gasteiger partial charge in [0.05, 0.1) is 40.1 Å². The summed E-state index contributed by atoms with van der Waals surface area (Å²) in [4.78, 5) is 0. The fourth-order valence-electron chi connectivity index (χ4n) is 7.68. The lowest BCUT2D eigenvalue weighted by atomic mass is 9.96. The first-order valence-corrected chi connectivity index (χ1v) is 20.2. The number of aliphatic hydroxyl groups is 16. The zero-order valence-corrected chi connectivity index (χ0v) is 33.9. The maximum atomic E-state index is 11.6. The summed E-state index contributed by atoms with van der Waals surface area (Å²) in [7, 11) is 1.42. The number of benzene rings is 1. The van der Waals surface area contributed by atoms with E-state index in [1.165, 1.54) is 31.4 Å². The van der Waals surface area contributed by atoms with Crippen LogP contribution in [-0.2, 0) is 42.6 Å². The highest BCUT2D eigenvalue weighted by atomic mass is 16.8. The van der Waals surface area contributed by atoms with Crippen molar-refractivity contribution in [1.29, 1.82) is 0 Å². The first kappa shape index (κ1) is 51.2. The topological polar surface area (TPSA) is 425 Å². The van der Waals surface area contributed by atoms with Crippen LogP contribution in [0.1, 0.15) is 0 Å². The molecule has 6 rings (SSSR count).